The van der Waals surface area contributed by atoms with Gasteiger partial charge in [0.05, 0.1) is 17.2 Å². The maximum atomic E-state index is 12.0. The van der Waals surface area contributed by atoms with Gasteiger partial charge in [-0.2, -0.15) is 9.90 Å². The smallest absolute Gasteiger partial charge is 0.263 e. The maximum Gasteiger partial charge on any atom is 0.263 e. The highest BCUT2D eigenvalue weighted by atomic mass is 35.5. The molecule has 1 amide bonds. The first-order valence-electron chi connectivity index (χ1n) is 8.29. The lowest BCUT2D eigenvalue weighted by Crippen LogP contribution is -2.29. The lowest BCUT2D eigenvalue weighted by Gasteiger charge is -2.08. The largest absolute Gasteiger partial charge is 0.546 e. The van der Waals surface area contributed by atoms with Gasteiger partial charge in [-0.25, -0.2) is 5.43 Å². The van der Waals surface area contributed by atoms with E-state index in [0.29, 0.717) is 22.0 Å². The Kier molecular flexibility index (Phi) is 6.48. The average Bonchev–Trinajstić information content (AvgIpc) is 3.15. The van der Waals surface area contributed by atoms with E-state index >= 15 is 0 Å². The molecule has 1 N–H and O–H groups in total. The third kappa shape index (κ3) is 5.59. The predicted molar refractivity (Wildman–Crippen MR) is 101 cm³/mol. The summed E-state index contributed by atoms with van der Waals surface area (Å²) in [4.78, 5) is 23.6. The topological polar surface area (TPSA) is 134 Å². The van der Waals surface area contributed by atoms with Crippen LogP contribution >= 0.6 is 11.6 Å². The summed E-state index contributed by atoms with van der Waals surface area (Å²) in [6.07, 6.45) is 1.33. The highest BCUT2D eigenvalue weighted by Crippen LogP contribution is 2.23. The van der Waals surface area contributed by atoms with Crippen LogP contribution in [0.5, 0.6) is 5.75 Å². The zero-order valence-electron chi connectivity index (χ0n) is 14.9. The first-order chi connectivity index (χ1) is 14.0. The van der Waals surface area contributed by atoms with Crippen LogP contribution in [0, 0.1) is 0 Å². The van der Waals surface area contributed by atoms with Crippen LogP contribution in [0.15, 0.2) is 53.6 Å². The van der Waals surface area contributed by atoms with Crippen LogP contribution in [0.3, 0.4) is 0 Å². The molecule has 0 saturated heterocycles. The molecule has 3 rings (SSSR count). The van der Waals surface area contributed by atoms with Gasteiger partial charge in [0.1, 0.15) is 18.9 Å². The summed E-state index contributed by atoms with van der Waals surface area (Å²) in [6, 6.07) is 13.6. The first kappa shape index (κ1) is 20.0. The number of para-hydroxylation sites is 1. The molecular weight excluding hydrogens is 400 g/mol. The molecule has 29 heavy (non-hydrogen) atoms. The van der Waals surface area contributed by atoms with Crippen molar-refractivity contribution in [1.82, 2.24) is 25.6 Å². The van der Waals surface area contributed by atoms with Crippen molar-refractivity contribution in [2.24, 2.45) is 5.10 Å². The number of aliphatic carboxylic acids is 1. The maximum absolute atomic E-state index is 12.0. The molecule has 2 aromatic carbocycles. The summed E-state index contributed by atoms with van der Waals surface area (Å²) < 4.78 is 5.10. The molecule has 10 nitrogen and oxygen atoms in total. The van der Waals surface area contributed by atoms with E-state index < -0.39 is 18.5 Å². The van der Waals surface area contributed by atoms with Crippen LogP contribution < -0.4 is 15.3 Å². The SMILES string of the molecule is O=C([O-])COc1ccccc1/C=N\NC(=O)Cn1nnc(-c2ccccc2Cl)n1. The van der Waals surface area contributed by atoms with E-state index in [2.05, 4.69) is 25.9 Å². The summed E-state index contributed by atoms with van der Waals surface area (Å²) in [6.45, 7) is -0.805. The van der Waals surface area contributed by atoms with E-state index in [0.717, 1.165) is 4.80 Å². The van der Waals surface area contributed by atoms with Crippen LogP contribution in [0.25, 0.3) is 11.4 Å². The Morgan fingerprint density at radius 1 is 1.21 bits per heavy atom. The third-order valence-corrected chi connectivity index (χ3v) is 3.84. The van der Waals surface area contributed by atoms with Crippen LogP contribution in [-0.2, 0) is 16.1 Å². The highest BCUT2D eigenvalue weighted by molar-refractivity contribution is 6.33. The molecule has 0 aliphatic carbocycles. The van der Waals surface area contributed by atoms with Crippen molar-refractivity contribution < 1.29 is 19.4 Å². The van der Waals surface area contributed by atoms with Gasteiger partial charge in [0, 0.05) is 11.1 Å². The average molecular weight is 414 g/mol. The van der Waals surface area contributed by atoms with E-state index in [1.165, 1.54) is 6.21 Å². The second kappa shape index (κ2) is 9.42. The number of carboxylic acid groups (broad SMARTS) is 1. The Morgan fingerprint density at radius 2 is 1.97 bits per heavy atom. The number of carbonyl (C=O) groups is 2. The summed E-state index contributed by atoms with van der Waals surface area (Å²) >= 11 is 6.09. The molecule has 0 aliphatic heterocycles. The van der Waals surface area contributed by atoms with Gasteiger partial charge >= 0.3 is 0 Å². The quantitative estimate of drug-likeness (QED) is 0.413. The summed E-state index contributed by atoms with van der Waals surface area (Å²) in [5, 5.41) is 26.6. The van der Waals surface area contributed by atoms with Crippen molar-refractivity contribution in [3.8, 4) is 17.1 Å². The highest BCUT2D eigenvalue weighted by Gasteiger charge is 2.11. The van der Waals surface area contributed by atoms with E-state index in [4.69, 9.17) is 16.3 Å². The summed E-state index contributed by atoms with van der Waals surface area (Å²) in [5.74, 6) is -1.25. The molecule has 0 spiro atoms. The Hall–Kier alpha value is -3.79. The van der Waals surface area contributed by atoms with Gasteiger partial charge in [-0.05, 0) is 29.5 Å². The fraction of sp³-hybridized carbons (Fsp3) is 0.111. The lowest BCUT2D eigenvalue weighted by atomic mass is 10.2. The predicted octanol–water partition coefficient (Wildman–Crippen LogP) is 0.273. The minimum Gasteiger partial charge on any atom is -0.546 e. The lowest BCUT2D eigenvalue weighted by molar-refractivity contribution is -0.307. The molecule has 1 heterocycles. The van der Waals surface area contributed by atoms with Crippen molar-refractivity contribution in [3.63, 3.8) is 0 Å². The summed E-state index contributed by atoms with van der Waals surface area (Å²) in [7, 11) is 0. The number of ether oxygens (including phenoxy) is 1. The molecule has 0 aliphatic rings. The zero-order valence-corrected chi connectivity index (χ0v) is 15.6. The van der Waals surface area contributed by atoms with Crippen molar-refractivity contribution in [2.45, 2.75) is 6.54 Å². The number of carbonyl (C=O) groups excluding carboxylic acids is 2. The number of tetrazole rings is 1. The fourth-order valence-electron chi connectivity index (χ4n) is 2.25. The van der Waals surface area contributed by atoms with Gasteiger partial charge in [-0.1, -0.05) is 35.9 Å². The van der Waals surface area contributed by atoms with Gasteiger partial charge in [0.25, 0.3) is 5.91 Å². The van der Waals surface area contributed by atoms with Crippen molar-refractivity contribution in [3.05, 3.63) is 59.1 Å². The number of hydrogen-bond donors (Lipinski definition) is 1. The molecule has 0 atom stereocenters. The van der Waals surface area contributed by atoms with Crippen molar-refractivity contribution in [2.75, 3.05) is 6.61 Å². The van der Waals surface area contributed by atoms with Gasteiger partial charge < -0.3 is 14.6 Å². The molecule has 0 bridgehead atoms. The number of hydrogen-bond acceptors (Lipinski definition) is 8. The number of carboxylic acids is 1. The molecule has 0 unspecified atom stereocenters. The zero-order chi connectivity index (χ0) is 20.6. The molecular formula is C18H14ClN6O4-. The van der Waals surface area contributed by atoms with E-state index in [1.807, 2.05) is 0 Å². The molecule has 0 radical (unpaired) electrons. The Balaban J connectivity index is 1.58. The second-order valence-electron chi connectivity index (χ2n) is 5.61. The molecule has 0 saturated carbocycles. The number of rotatable bonds is 8. The van der Waals surface area contributed by atoms with Gasteiger partial charge in [-0.15, -0.1) is 10.2 Å². The third-order valence-electron chi connectivity index (χ3n) is 3.51. The fourth-order valence-corrected chi connectivity index (χ4v) is 2.47. The Labute approximate surface area is 169 Å². The molecule has 148 valence electrons. The molecule has 3 aromatic rings. The van der Waals surface area contributed by atoms with Crippen LogP contribution in [0.4, 0.5) is 0 Å². The summed E-state index contributed by atoms with van der Waals surface area (Å²) in [5.41, 5.74) is 3.41. The monoisotopic (exact) mass is 413 g/mol. The van der Waals surface area contributed by atoms with Crippen LogP contribution in [0.1, 0.15) is 5.56 Å². The van der Waals surface area contributed by atoms with Crippen LogP contribution in [0.2, 0.25) is 5.02 Å². The Bertz CT molecular complexity index is 1050. The van der Waals surface area contributed by atoms with Gasteiger partial charge in [0.15, 0.2) is 0 Å². The number of amides is 1. The van der Waals surface area contributed by atoms with E-state index in [-0.39, 0.29) is 12.3 Å². The first-order valence-corrected chi connectivity index (χ1v) is 8.67. The molecule has 1 aromatic heterocycles. The minimum atomic E-state index is -1.35. The van der Waals surface area contributed by atoms with Crippen molar-refractivity contribution >= 4 is 29.7 Å². The second-order valence-corrected chi connectivity index (χ2v) is 6.02. The number of benzene rings is 2. The number of nitrogens with one attached hydrogen (secondary N) is 1. The minimum absolute atomic E-state index is 0.211. The van der Waals surface area contributed by atoms with E-state index in [1.54, 1.807) is 48.5 Å². The Morgan fingerprint density at radius 3 is 2.76 bits per heavy atom. The van der Waals surface area contributed by atoms with Crippen LogP contribution in [-0.4, -0.2) is 44.9 Å². The number of aromatic nitrogens is 4. The van der Waals surface area contributed by atoms with Gasteiger partial charge in [-0.3, -0.25) is 4.79 Å². The van der Waals surface area contributed by atoms with Crippen molar-refractivity contribution in [1.29, 1.82) is 0 Å². The van der Waals surface area contributed by atoms with Gasteiger partial charge in [0.2, 0.25) is 5.82 Å². The normalized spacial score (nSPS) is 10.8. The molecule has 0 fully saturated rings. The number of hydrazone groups is 1. The van der Waals surface area contributed by atoms with E-state index in [9.17, 15) is 14.7 Å². The number of halogens is 1. The standard InChI is InChI=1S/C18H15ClN6O4/c19-14-7-3-2-6-13(14)18-22-24-25(23-18)10-16(26)21-20-9-12-5-1-4-8-15(12)29-11-17(27)28/h1-9H,10-11H2,(H,21,26)(H,27,28)/p-1/b20-9-. The molecule has 11 heteroatoms. The number of nitrogens with zero attached hydrogens (tertiary/aromatic N) is 5.